The number of nitrogens with two attached hydrogens (primary N) is 1. The molecule has 3 nitrogen and oxygen atoms in total. The highest BCUT2D eigenvalue weighted by molar-refractivity contribution is 5.77. The van der Waals surface area contributed by atoms with Crippen molar-refractivity contribution in [3.8, 4) is 0 Å². The molecule has 0 bridgehead atoms. The van der Waals surface area contributed by atoms with E-state index in [9.17, 15) is 13.6 Å². The second kappa shape index (κ2) is 6.44. The lowest BCUT2D eigenvalue weighted by atomic mass is 10.1. The van der Waals surface area contributed by atoms with Crippen molar-refractivity contribution in [3.63, 3.8) is 0 Å². The van der Waals surface area contributed by atoms with Crippen molar-refractivity contribution in [3.05, 3.63) is 35.4 Å². The van der Waals surface area contributed by atoms with Gasteiger partial charge >= 0.3 is 0 Å². The van der Waals surface area contributed by atoms with Crippen molar-refractivity contribution in [2.75, 3.05) is 0 Å². The zero-order valence-electron chi connectivity index (χ0n) is 10.5. The van der Waals surface area contributed by atoms with E-state index in [1.165, 1.54) is 12.1 Å². The number of benzene rings is 1. The fraction of sp³-hybridized carbons (Fsp3) is 0.462. The van der Waals surface area contributed by atoms with E-state index in [1.807, 2.05) is 6.92 Å². The first-order valence-electron chi connectivity index (χ1n) is 5.94. The highest BCUT2D eigenvalue weighted by Crippen LogP contribution is 2.17. The summed E-state index contributed by atoms with van der Waals surface area (Å²) in [7, 11) is 0. The topological polar surface area (TPSA) is 55.1 Å². The number of halogens is 2. The van der Waals surface area contributed by atoms with Crippen LogP contribution in [0.4, 0.5) is 8.78 Å². The van der Waals surface area contributed by atoms with Gasteiger partial charge in [0, 0.05) is 24.1 Å². The van der Waals surface area contributed by atoms with Crippen LogP contribution in [0.25, 0.3) is 0 Å². The van der Waals surface area contributed by atoms with Gasteiger partial charge in [0.25, 0.3) is 0 Å². The Morgan fingerprint density at radius 1 is 1.44 bits per heavy atom. The van der Waals surface area contributed by atoms with Gasteiger partial charge in [-0.2, -0.15) is 0 Å². The highest BCUT2D eigenvalue weighted by Gasteiger charge is 2.15. The minimum Gasteiger partial charge on any atom is -0.349 e. The van der Waals surface area contributed by atoms with Crippen molar-refractivity contribution in [2.24, 2.45) is 5.73 Å². The van der Waals surface area contributed by atoms with Crippen molar-refractivity contribution in [1.82, 2.24) is 5.32 Å². The quantitative estimate of drug-likeness (QED) is 0.849. The average Bonchev–Trinajstić information content (AvgIpc) is 2.28. The number of rotatable bonds is 5. The summed E-state index contributed by atoms with van der Waals surface area (Å²) in [6.07, 6.45) is 0.899. The van der Waals surface area contributed by atoms with Gasteiger partial charge < -0.3 is 11.1 Å². The lowest BCUT2D eigenvalue weighted by Crippen LogP contribution is -2.33. The van der Waals surface area contributed by atoms with Crippen LogP contribution in [0.3, 0.4) is 0 Å². The fourth-order valence-corrected chi connectivity index (χ4v) is 1.61. The van der Waals surface area contributed by atoms with Crippen LogP contribution in [-0.4, -0.2) is 11.9 Å². The summed E-state index contributed by atoms with van der Waals surface area (Å²) in [6.45, 7) is 3.53. The zero-order valence-corrected chi connectivity index (χ0v) is 10.5. The van der Waals surface area contributed by atoms with Crippen LogP contribution in [0.15, 0.2) is 18.2 Å². The van der Waals surface area contributed by atoms with Gasteiger partial charge in [-0.3, -0.25) is 4.79 Å². The molecule has 2 unspecified atom stereocenters. The van der Waals surface area contributed by atoms with E-state index in [1.54, 1.807) is 6.92 Å². The molecule has 18 heavy (non-hydrogen) atoms. The Balaban J connectivity index is 2.64. The summed E-state index contributed by atoms with van der Waals surface area (Å²) in [5.41, 5.74) is 5.91. The van der Waals surface area contributed by atoms with Crippen LogP contribution in [0.2, 0.25) is 0 Å². The molecule has 100 valence electrons. The molecule has 0 saturated carbocycles. The molecule has 1 aromatic rings. The first-order valence-corrected chi connectivity index (χ1v) is 5.94. The van der Waals surface area contributed by atoms with E-state index in [0.29, 0.717) is 6.42 Å². The third-order valence-corrected chi connectivity index (χ3v) is 2.78. The lowest BCUT2D eigenvalue weighted by molar-refractivity contribution is -0.122. The van der Waals surface area contributed by atoms with E-state index in [0.717, 1.165) is 6.07 Å². The molecule has 0 aliphatic carbocycles. The van der Waals surface area contributed by atoms with Crippen molar-refractivity contribution in [2.45, 2.75) is 38.8 Å². The maximum absolute atomic E-state index is 13.5. The van der Waals surface area contributed by atoms with E-state index in [4.69, 9.17) is 5.73 Å². The summed E-state index contributed by atoms with van der Waals surface area (Å²) < 4.78 is 26.2. The molecule has 1 aromatic carbocycles. The Bertz CT molecular complexity index is 423. The molecular weight excluding hydrogens is 238 g/mol. The van der Waals surface area contributed by atoms with Gasteiger partial charge in [0.05, 0.1) is 6.04 Å². The maximum atomic E-state index is 13.5. The molecule has 2 atom stereocenters. The minimum absolute atomic E-state index is 0.198. The molecule has 0 spiro atoms. The number of carbonyl (C=O) groups excluding carboxylic acids is 1. The van der Waals surface area contributed by atoms with Gasteiger partial charge in [-0.05, 0) is 19.4 Å². The van der Waals surface area contributed by atoms with E-state index in [2.05, 4.69) is 5.32 Å². The number of hydrogen-bond donors (Lipinski definition) is 2. The second-order valence-corrected chi connectivity index (χ2v) is 4.33. The predicted molar refractivity (Wildman–Crippen MR) is 65.8 cm³/mol. The molecule has 0 saturated heterocycles. The van der Waals surface area contributed by atoms with Gasteiger partial charge in [-0.25, -0.2) is 8.78 Å². The highest BCUT2D eigenvalue weighted by atomic mass is 19.1. The van der Waals surface area contributed by atoms with E-state index >= 15 is 0 Å². The molecule has 0 heterocycles. The van der Waals surface area contributed by atoms with Crippen LogP contribution in [0, 0.1) is 11.6 Å². The first kappa shape index (κ1) is 14.6. The number of amides is 1. The van der Waals surface area contributed by atoms with Crippen LogP contribution in [-0.2, 0) is 4.79 Å². The molecule has 0 fully saturated rings. The monoisotopic (exact) mass is 256 g/mol. The first-order chi connectivity index (χ1) is 8.43. The molecule has 1 amide bonds. The fourth-order valence-electron chi connectivity index (χ4n) is 1.61. The summed E-state index contributed by atoms with van der Waals surface area (Å²) in [4.78, 5) is 11.6. The smallest absolute Gasteiger partial charge is 0.222 e. The van der Waals surface area contributed by atoms with Crippen LogP contribution >= 0.6 is 0 Å². The van der Waals surface area contributed by atoms with Gasteiger partial charge in [-0.15, -0.1) is 0 Å². The van der Waals surface area contributed by atoms with Gasteiger partial charge in [0.15, 0.2) is 0 Å². The third kappa shape index (κ3) is 4.07. The van der Waals surface area contributed by atoms with Gasteiger partial charge in [0.1, 0.15) is 11.6 Å². The normalized spacial score (nSPS) is 14.1. The molecule has 5 heteroatoms. The number of hydrogen-bond acceptors (Lipinski definition) is 2. The standard InChI is InChI=1S/C13H18F2N2O/c1-3-10(16)7-13(18)17-8(2)11-5-4-9(14)6-12(11)15/h4-6,8,10H,3,7,16H2,1-2H3,(H,17,18). The van der Waals surface area contributed by atoms with Crippen molar-refractivity contribution < 1.29 is 13.6 Å². The largest absolute Gasteiger partial charge is 0.349 e. The molecule has 0 aliphatic rings. The Hall–Kier alpha value is -1.49. The Kier molecular flexibility index (Phi) is 5.22. The zero-order chi connectivity index (χ0) is 13.7. The lowest BCUT2D eigenvalue weighted by Gasteiger charge is -2.16. The van der Waals surface area contributed by atoms with Crippen LogP contribution < -0.4 is 11.1 Å². The van der Waals surface area contributed by atoms with Crippen molar-refractivity contribution >= 4 is 5.91 Å². The molecule has 0 aromatic heterocycles. The van der Waals surface area contributed by atoms with E-state index in [-0.39, 0.29) is 23.9 Å². The Morgan fingerprint density at radius 3 is 2.67 bits per heavy atom. The summed E-state index contributed by atoms with van der Waals surface area (Å²) in [5.74, 6) is -1.54. The maximum Gasteiger partial charge on any atom is 0.222 e. The van der Waals surface area contributed by atoms with Gasteiger partial charge in [-0.1, -0.05) is 13.0 Å². The average molecular weight is 256 g/mol. The molecule has 3 N–H and O–H groups in total. The number of carbonyl (C=O) groups is 1. The molecule has 1 rings (SSSR count). The summed E-state index contributed by atoms with van der Waals surface area (Å²) in [6, 6.07) is 2.58. The summed E-state index contributed by atoms with van der Waals surface area (Å²) in [5, 5.41) is 2.64. The third-order valence-electron chi connectivity index (χ3n) is 2.78. The Morgan fingerprint density at radius 2 is 2.11 bits per heavy atom. The van der Waals surface area contributed by atoms with Crippen LogP contribution in [0.1, 0.15) is 38.3 Å². The SMILES string of the molecule is CCC(N)CC(=O)NC(C)c1ccc(F)cc1F. The Labute approximate surface area is 105 Å². The van der Waals surface area contributed by atoms with E-state index < -0.39 is 17.7 Å². The minimum atomic E-state index is -0.664. The number of nitrogens with one attached hydrogen (secondary N) is 1. The van der Waals surface area contributed by atoms with Crippen molar-refractivity contribution in [1.29, 1.82) is 0 Å². The molecule has 0 aliphatic heterocycles. The molecular formula is C13H18F2N2O. The van der Waals surface area contributed by atoms with Crippen LogP contribution in [0.5, 0.6) is 0 Å². The predicted octanol–water partition coefficient (Wildman–Crippen LogP) is 2.27. The second-order valence-electron chi connectivity index (χ2n) is 4.33. The molecule has 0 radical (unpaired) electrons. The summed E-state index contributed by atoms with van der Waals surface area (Å²) >= 11 is 0. The van der Waals surface area contributed by atoms with Gasteiger partial charge in [0.2, 0.25) is 5.91 Å².